The van der Waals surface area contributed by atoms with Gasteiger partial charge in [-0.15, -0.1) is 0 Å². The molecule has 1 rings (SSSR count). The third-order valence-electron chi connectivity index (χ3n) is 2.74. The van der Waals surface area contributed by atoms with Gasteiger partial charge in [-0.1, -0.05) is 0 Å². The lowest BCUT2D eigenvalue weighted by atomic mass is 9.98. The molecule has 4 heteroatoms. The fourth-order valence-corrected chi connectivity index (χ4v) is 1.96. The minimum Gasteiger partial charge on any atom is -0.390 e. The van der Waals surface area contributed by atoms with Gasteiger partial charge in [0.25, 0.3) is 0 Å². The van der Waals surface area contributed by atoms with Crippen LogP contribution in [0.2, 0.25) is 0 Å². The number of aliphatic hydroxyl groups is 1. The summed E-state index contributed by atoms with van der Waals surface area (Å²) in [5.41, 5.74) is -0.587. The Morgan fingerprint density at radius 1 is 1.50 bits per heavy atom. The molecule has 0 aromatic heterocycles. The number of carbonyl (C=O) groups excluding carboxylic acids is 1. The molecular formula is C10H19NO2S. The Kier molecular flexibility index (Phi) is 4.26. The number of thiol groups is 1. The topological polar surface area (TPSA) is 40.5 Å². The van der Waals surface area contributed by atoms with Crippen molar-refractivity contribution < 1.29 is 9.90 Å². The van der Waals surface area contributed by atoms with Gasteiger partial charge in [0.1, 0.15) is 0 Å². The van der Waals surface area contributed by atoms with Crippen molar-refractivity contribution in [3.63, 3.8) is 0 Å². The van der Waals surface area contributed by atoms with Crippen molar-refractivity contribution in [3.05, 3.63) is 0 Å². The fourth-order valence-electron chi connectivity index (χ4n) is 1.77. The largest absolute Gasteiger partial charge is 0.390 e. The molecule has 0 aromatic carbocycles. The Morgan fingerprint density at radius 2 is 2.21 bits per heavy atom. The van der Waals surface area contributed by atoms with Crippen LogP contribution in [0.5, 0.6) is 0 Å². The van der Waals surface area contributed by atoms with Crippen LogP contribution < -0.4 is 0 Å². The van der Waals surface area contributed by atoms with E-state index >= 15 is 0 Å². The third-order valence-corrected chi connectivity index (χ3v) is 2.97. The van der Waals surface area contributed by atoms with E-state index in [1.54, 1.807) is 0 Å². The summed E-state index contributed by atoms with van der Waals surface area (Å²) < 4.78 is 0. The molecule has 1 amide bonds. The molecule has 3 nitrogen and oxygen atoms in total. The molecule has 1 aliphatic heterocycles. The van der Waals surface area contributed by atoms with Crippen LogP contribution in [0.3, 0.4) is 0 Å². The molecule has 1 unspecified atom stereocenters. The van der Waals surface area contributed by atoms with Crippen LogP contribution in [0.4, 0.5) is 0 Å². The maximum Gasteiger partial charge on any atom is 0.223 e. The van der Waals surface area contributed by atoms with Crippen molar-refractivity contribution in [2.45, 2.75) is 38.2 Å². The molecule has 1 saturated heterocycles. The zero-order valence-electron chi connectivity index (χ0n) is 8.70. The maximum absolute atomic E-state index is 11.6. The SMILES string of the molecule is CC1(O)CCCN(C(=O)CCS)CC1. The van der Waals surface area contributed by atoms with Gasteiger partial charge in [-0.25, -0.2) is 0 Å². The van der Waals surface area contributed by atoms with E-state index in [9.17, 15) is 9.90 Å². The van der Waals surface area contributed by atoms with Gasteiger partial charge in [-0.2, -0.15) is 12.6 Å². The van der Waals surface area contributed by atoms with E-state index in [-0.39, 0.29) is 5.91 Å². The molecular weight excluding hydrogens is 198 g/mol. The minimum absolute atomic E-state index is 0.165. The molecule has 0 radical (unpaired) electrons. The molecule has 1 aliphatic rings. The maximum atomic E-state index is 11.6. The summed E-state index contributed by atoms with van der Waals surface area (Å²) in [6.45, 7) is 3.31. The normalized spacial score (nSPS) is 28.6. The molecule has 1 heterocycles. The average Bonchev–Trinajstić information content (AvgIpc) is 2.27. The van der Waals surface area contributed by atoms with Crippen molar-refractivity contribution >= 4 is 18.5 Å². The lowest BCUT2D eigenvalue weighted by Crippen LogP contribution is -2.33. The molecule has 0 aromatic rings. The standard InChI is InChI=1S/C10H19NO2S/c1-10(13)4-2-6-11(7-5-10)9(12)3-8-14/h13-14H,2-8H2,1H3. The molecule has 0 spiro atoms. The highest BCUT2D eigenvalue weighted by Gasteiger charge is 2.26. The lowest BCUT2D eigenvalue weighted by molar-refractivity contribution is -0.130. The van der Waals surface area contributed by atoms with Crippen LogP contribution in [0.25, 0.3) is 0 Å². The van der Waals surface area contributed by atoms with E-state index in [1.165, 1.54) is 0 Å². The Morgan fingerprint density at radius 3 is 2.86 bits per heavy atom. The zero-order valence-corrected chi connectivity index (χ0v) is 9.59. The smallest absolute Gasteiger partial charge is 0.223 e. The van der Waals surface area contributed by atoms with Gasteiger partial charge in [-0.05, 0) is 31.9 Å². The minimum atomic E-state index is -0.587. The lowest BCUT2D eigenvalue weighted by Gasteiger charge is -2.22. The molecule has 0 aliphatic carbocycles. The van der Waals surface area contributed by atoms with Gasteiger partial charge < -0.3 is 10.0 Å². The van der Waals surface area contributed by atoms with Crippen molar-refractivity contribution in [2.24, 2.45) is 0 Å². The van der Waals surface area contributed by atoms with Crippen LogP contribution in [-0.4, -0.2) is 40.4 Å². The Bertz CT molecular complexity index is 206. The number of amides is 1. The Labute approximate surface area is 90.9 Å². The number of carbonyl (C=O) groups is 1. The number of hydrogen-bond acceptors (Lipinski definition) is 3. The van der Waals surface area contributed by atoms with E-state index < -0.39 is 5.60 Å². The van der Waals surface area contributed by atoms with Gasteiger partial charge >= 0.3 is 0 Å². The Balaban J connectivity index is 2.45. The van der Waals surface area contributed by atoms with Crippen molar-refractivity contribution in [1.82, 2.24) is 4.90 Å². The molecule has 1 N–H and O–H groups in total. The number of nitrogens with zero attached hydrogens (tertiary/aromatic N) is 1. The summed E-state index contributed by atoms with van der Waals surface area (Å²) in [7, 11) is 0. The summed E-state index contributed by atoms with van der Waals surface area (Å²) in [4.78, 5) is 13.4. The van der Waals surface area contributed by atoms with Gasteiger partial charge in [0.05, 0.1) is 5.60 Å². The third kappa shape index (κ3) is 3.50. The van der Waals surface area contributed by atoms with Crippen LogP contribution in [0, 0.1) is 0 Å². The highest BCUT2D eigenvalue weighted by atomic mass is 32.1. The second-order valence-electron chi connectivity index (χ2n) is 4.20. The van der Waals surface area contributed by atoms with E-state index in [0.29, 0.717) is 25.1 Å². The van der Waals surface area contributed by atoms with E-state index in [2.05, 4.69) is 12.6 Å². The highest BCUT2D eigenvalue weighted by molar-refractivity contribution is 7.80. The fraction of sp³-hybridized carbons (Fsp3) is 0.900. The second kappa shape index (κ2) is 5.03. The molecule has 0 saturated carbocycles. The number of rotatable bonds is 2. The number of hydrogen-bond donors (Lipinski definition) is 2. The van der Waals surface area contributed by atoms with Gasteiger partial charge in [0, 0.05) is 19.5 Å². The van der Waals surface area contributed by atoms with E-state index in [4.69, 9.17) is 0 Å². The quantitative estimate of drug-likeness (QED) is 0.679. The van der Waals surface area contributed by atoms with Crippen molar-refractivity contribution in [3.8, 4) is 0 Å². The molecule has 82 valence electrons. The first kappa shape index (κ1) is 11.9. The summed E-state index contributed by atoms with van der Waals surface area (Å²) in [5.74, 6) is 0.767. The molecule has 0 bridgehead atoms. The summed E-state index contributed by atoms with van der Waals surface area (Å²) in [5, 5.41) is 9.83. The molecule has 1 fully saturated rings. The summed E-state index contributed by atoms with van der Waals surface area (Å²) in [6, 6.07) is 0. The molecule has 1 atom stereocenters. The zero-order chi connectivity index (χ0) is 10.6. The van der Waals surface area contributed by atoms with Gasteiger partial charge in [0.15, 0.2) is 0 Å². The van der Waals surface area contributed by atoms with Gasteiger partial charge in [0.2, 0.25) is 5.91 Å². The van der Waals surface area contributed by atoms with E-state index in [0.717, 1.165) is 19.4 Å². The summed E-state index contributed by atoms with van der Waals surface area (Å²) in [6.07, 6.45) is 2.87. The van der Waals surface area contributed by atoms with Crippen molar-refractivity contribution in [1.29, 1.82) is 0 Å². The first-order chi connectivity index (χ1) is 6.55. The first-order valence-electron chi connectivity index (χ1n) is 5.16. The summed E-state index contributed by atoms with van der Waals surface area (Å²) >= 11 is 4.04. The average molecular weight is 217 g/mol. The van der Waals surface area contributed by atoms with Gasteiger partial charge in [-0.3, -0.25) is 4.79 Å². The Hall–Kier alpha value is -0.220. The highest BCUT2D eigenvalue weighted by Crippen LogP contribution is 2.21. The predicted molar refractivity (Wildman–Crippen MR) is 59.5 cm³/mol. The van der Waals surface area contributed by atoms with E-state index in [1.807, 2.05) is 11.8 Å². The van der Waals surface area contributed by atoms with Crippen LogP contribution in [-0.2, 0) is 4.79 Å². The second-order valence-corrected chi connectivity index (χ2v) is 4.65. The molecule has 14 heavy (non-hydrogen) atoms. The van der Waals surface area contributed by atoms with Crippen LogP contribution in [0.15, 0.2) is 0 Å². The predicted octanol–water partition coefficient (Wildman–Crippen LogP) is 1.07. The first-order valence-corrected chi connectivity index (χ1v) is 5.79. The van der Waals surface area contributed by atoms with Crippen molar-refractivity contribution in [2.75, 3.05) is 18.8 Å². The monoisotopic (exact) mass is 217 g/mol. The van der Waals surface area contributed by atoms with Crippen LogP contribution >= 0.6 is 12.6 Å². The number of likely N-dealkylation sites (tertiary alicyclic amines) is 1. The van der Waals surface area contributed by atoms with Crippen LogP contribution in [0.1, 0.15) is 32.6 Å².